The van der Waals surface area contributed by atoms with E-state index in [1.165, 1.54) is 0 Å². The fraction of sp³-hybridized carbons (Fsp3) is 0.179. The summed E-state index contributed by atoms with van der Waals surface area (Å²) in [6, 6.07) is 21.2. The smallest absolute Gasteiger partial charge is 0.223 e. The van der Waals surface area contributed by atoms with Gasteiger partial charge in [0.15, 0.2) is 0 Å². The van der Waals surface area contributed by atoms with E-state index < -0.39 is 0 Å². The molecule has 1 amide bonds. The number of phenolic OH excluding ortho intramolecular Hbond substituents is 1. The Bertz CT molecular complexity index is 1420. The highest BCUT2D eigenvalue weighted by atomic mass is 16.3. The fourth-order valence-corrected chi connectivity index (χ4v) is 4.25. The molecular weight excluding hydrogens is 424 g/mol. The van der Waals surface area contributed by atoms with Crippen LogP contribution in [0.2, 0.25) is 0 Å². The summed E-state index contributed by atoms with van der Waals surface area (Å²) in [4.78, 5) is 24.8. The number of hydrogen-bond donors (Lipinski definition) is 1. The highest BCUT2D eigenvalue weighted by Gasteiger charge is 2.20. The lowest BCUT2D eigenvalue weighted by molar-refractivity contribution is -0.127. The first-order chi connectivity index (χ1) is 16.6. The van der Waals surface area contributed by atoms with E-state index in [0.29, 0.717) is 13.0 Å². The van der Waals surface area contributed by atoms with Gasteiger partial charge in [-0.25, -0.2) is 9.97 Å². The van der Waals surface area contributed by atoms with E-state index in [4.69, 9.17) is 0 Å². The van der Waals surface area contributed by atoms with E-state index in [1.54, 1.807) is 23.4 Å². The third kappa shape index (κ3) is 4.28. The molecule has 2 heterocycles. The number of rotatable bonds is 4. The molecule has 6 nitrogen and oxygen atoms in total. The van der Waals surface area contributed by atoms with Crippen LogP contribution in [-0.2, 0) is 4.79 Å². The maximum atomic E-state index is 11.8. The number of carbonyl (C=O) groups excluding carboxylic acids is 1. The van der Waals surface area contributed by atoms with E-state index in [9.17, 15) is 9.90 Å². The summed E-state index contributed by atoms with van der Waals surface area (Å²) in [5.41, 5.74) is 4.42. The minimum absolute atomic E-state index is 0.172. The monoisotopic (exact) mass is 448 g/mol. The largest absolute Gasteiger partial charge is 0.508 e. The third-order valence-corrected chi connectivity index (χ3v) is 5.94. The number of fused-ring (bicyclic) bond motifs is 1. The summed E-state index contributed by atoms with van der Waals surface area (Å²) in [5, 5.41) is 10.8. The molecule has 1 N–H and O–H groups in total. The lowest BCUT2D eigenvalue weighted by Crippen LogP contribution is -2.24. The fourth-order valence-electron chi connectivity index (χ4n) is 4.25. The zero-order chi connectivity index (χ0) is 23.5. The molecule has 0 aliphatic carbocycles. The second-order valence-electron chi connectivity index (χ2n) is 8.29. The SMILES string of the molecule is Cc1cc(O)ccc1N(c1ccccc1)c1ncnc2ccc(C#CCN3CCCC3=O)cc12. The standard InChI is InChI=1S/C28H24N4O2/c1-20-17-23(33)12-14-26(20)32(22-8-3-2-4-9-22)28-24-18-21(11-13-25(24)29-19-30-28)7-5-15-31-16-6-10-27(31)34/h2-4,8-9,11-14,17-19,33H,6,10,15-16H2,1H3. The molecule has 0 atom stereocenters. The van der Waals surface area contributed by atoms with Crippen LogP contribution < -0.4 is 4.90 Å². The second-order valence-corrected chi connectivity index (χ2v) is 8.29. The Morgan fingerprint density at radius 3 is 2.68 bits per heavy atom. The van der Waals surface area contributed by atoms with Crippen LogP contribution in [0.5, 0.6) is 5.75 Å². The van der Waals surface area contributed by atoms with Gasteiger partial charge in [0.05, 0.1) is 17.7 Å². The molecule has 0 radical (unpaired) electrons. The number of aromatic nitrogens is 2. The number of likely N-dealkylation sites (tertiary alicyclic amines) is 1. The van der Waals surface area contributed by atoms with Crippen molar-refractivity contribution in [2.45, 2.75) is 19.8 Å². The Kier molecular flexibility index (Phi) is 5.84. The van der Waals surface area contributed by atoms with Crippen molar-refractivity contribution < 1.29 is 9.90 Å². The first-order valence-corrected chi connectivity index (χ1v) is 11.3. The van der Waals surface area contributed by atoms with Gasteiger partial charge in [-0.05, 0) is 67.4 Å². The second kappa shape index (κ2) is 9.24. The van der Waals surface area contributed by atoms with Crippen molar-refractivity contribution >= 4 is 34.0 Å². The van der Waals surface area contributed by atoms with Crippen molar-refractivity contribution in [3.63, 3.8) is 0 Å². The summed E-state index contributed by atoms with van der Waals surface area (Å²) >= 11 is 0. The molecule has 1 aliphatic rings. The van der Waals surface area contributed by atoms with Gasteiger partial charge in [0, 0.05) is 29.6 Å². The maximum absolute atomic E-state index is 11.8. The number of carbonyl (C=O) groups is 1. The quantitative estimate of drug-likeness (QED) is 0.441. The first-order valence-electron chi connectivity index (χ1n) is 11.3. The number of hydrogen-bond acceptors (Lipinski definition) is 5. The molecule has 0 spiro atoms. The lowest BCUT2D eigenvalue weighted by Gasteiger charge is -2.26. The molecular formula is C28H24N4O2. The minimum Gasteiger partial charge on any atom is -0.508 e. The van der Waals surface area contributed by atoms with Crippen LogP contribution in [0, 0.1) is 18.8 Å². The van der Waals surface area contributed by atoms with Gasteiger partial charge in [0.2, 0.25) is 5.91 Å². The predicted octanol–water partition coefficient (Wildman–Crippen LogP) is 5.09. The number of nitrogens with zero attached hydrogens (tertiary/aromatic N) is 4. The molecule has 0 unspecified atom stereocenters. The number of anilines is 3. The molecule has 1 aromatic heterocycles. The van der Waals surface area contributed by atoms with Crippen molar-refractivity contribution in [3.8, 4) is 17.6 Å². The summed E-state index contributed by atoms with van der Waals surface area (Å²) in [6.07, 6.45) is 3.08. The van der Waals surface area contributed by atoms with E-state index in [2.05, 4.69) is 26.7 Å². The highest BCUT2D eigenvalue weighted by Crippen LogP contribution is 2.39. The summed E-state index contributed by atoms with van der Waals surface area (Å²) in [6.45, 7) is 3.18. The molecule has 0 bridgehead atoms. The van der Waals surface area contributed by atoms with Crippen molar-refractivity contribution in [3.05, 3.63) is 84.2 Å². The van der Waals surface area contributed by atoms with Gasteiger partial charge in [-0.15, -0.1) is 0 Å². The van der Waals surface area contributed by atoms with Gasteiger partial charge >= 0.3 is 0 Å². The molecule has 0 saturated carbocycles. The van der Waals surface area contributed by atoms with Crippen molar-refractivity contribution in [2.24, 2.45) is 0 Å². The minimum atomic E-state index is 0.172. The van der Waals surface area contributed by atoms with Gasteiger partial charge < -0.3 is 10.0 Å². The molecule has 34 heavy (non-hydrogen) atoms. The number of phenols is 1. The lowest BCUT2D eigenvalue weighted by atomic mass is 10.1. The molecule has 5 rings (SSSR count). The average molecular weight is 449 g/mol. The third-order valence-electron chi connectivity index (χ3n) is 5.94. The van der Waals surface area contributed by atoms with E-state index in [-0.39, 0.29) is 11.7 Å². The van der Waals surface area contributed by atoms with E-state index in [1.807, 2.05) is 61.5 Å². The highest BCUT2D eigenvalue weighted by molar-refractivity contribution is 5.95. The van der Waals surface area contributed by atoms with E-state index >= 15 is 0 Å². The molecule has 1 fully saturated rings. The summed E-state index contributed by atoms with van der Waals surface area (Å²) in [7, 11) is 0. The van der Waals surface area contributed by atoms with Gasteiger partial charge in [0.1, 0.15) is 17.9 Å². The van der Waals surface area contributed by atoms with Crippen LogP contribution in [0.15, 0.2) is 73.1 Å². The van der Waals surface area contributed by atoms with Gasteiger partial charge in [-0.1, -0.05) is 30.0 Å². The summed E-state index contributed by atoms with van der Waals surface area (Å²) in [5.74, 6) is 7.45. The number of benzene rings is 3. The van der Waals surface area contributed by atoms with Crippen LogP contribution in [0.1, 0.15) is 24.0 Å². The Labute approximate surface area is 198 Å². The van der Waals surface area contributed by atoms with Crippen LogP contribution in [0.4, 0.5) is 17.2 Å². The van der Waals surface area contributed by atoms with Crippen LogP contribution in [0.3, 0.4) is 0 Å². The van der Waals surface area contributed by atoms with Crippen LogP contribution >= 0.6 is 0 Å². The normalized spacial score (nSPS) is 13.1. The molecule has 6 heteroatoms. The summed E-state index contributed by atoms with van der Waals surface area (Å²) < 4.78 is 0. The molecule has 1 aliphatic heterocycles. The van der Waals surface area contributed by atoms with E-state index in [0.717, 1.165) is 52.2 Å². The molecule has 3 aromatic carbocycles. The number of para-hydroxylation sites is 1. The zero-order valence-electron chi connectivity index (χ0n) is 18.9. The van der Waals surface area contributed by atoms with Crippen LogP contribution in [0.25, 0.3) is 10.9 Å². The zero-order valence-corrected chi connectivity index (χ0v) is 18.9. The molecule has 1 saturated heterocycles. The van der Waals surface area contributed by atoms with Crippen molar-refractivity contribution in [1.82, 2.24) is 14.9 Å². The van der Waals surface area contributed by atoms with Gasteiger partial charge in [-0.3, -0.25) is 9.69 Å². The van der Waals surface area contributed by atoms with Gasteiger partial charge in [0.25, 0.3) is 0 Å². The van der Waals surface area contributed by atoms with Crippen LogP contribution in [-0.4, -0.2) is 39.0 Å². The number of amides is 1. The average Bonchev–Trinajstić information content (AvgIpc) is 3.26. The molecule has 4 aromatic rings. The Hall–Kier alpha value is -4.37. The number of aryl methyl sites for hydroxylation is 1. The first kappa shape index (κ1) is 21.5. The number of aromatic hydroxyl groups is 1. The topological polar surface area (TPSA) is 69.6 Å². The Balaban J connectivity index is 1.60. The van der Waals surface area contributed by atoms with Gasteiger partial charge in [-0.2, -0.15) is 0 Å². The van der Waals surface area contributed by atoms with Crippen molar-refractivity contribution in [1.29, 1.82) is 0 Å². The Morgan fingerprint density at radius 2 is 1.91 bits per heavy atom. The Morgan fingerprint density at radius 1 is 1.06 bits per heavy atom. The van der Waals surface area contributed by atoms with Crippen molar-refractivity contribution in [2.75, 3.05) is 18.0 Å². The molecule has 168 valence electrons. The maximum Gasteiger partial charge on any atom is 0.223 e. The predicted molar refractivity (Wildman–Crippen MR) is 133 cm³/mol.